The molecule has 1 aliphatic carbocycles. The van der Waals surface area contributed by atoms with Gasteiger partial charge in [-0.1, -0.05) is 18.2 Å². The maximum atomic E-state index is 5.37. The molecule has 0 amide bonds. The van der Waals surface area contributed by atoms with Crippen molar-refractivity contribution >= 4 is 11.4 Å². The maximum Gasteiger partial charge on any atom is 0.248 e. The van der Waals surface area contributed by atoms with Crippen LogP contribution in [0.25, 0.3) is 0 Å². The van der Waals surface area contributed by atoms with E-state index in [0.717, 1.165) is 11.4 Å². The predicted octanol–water partition coefficient (Wildman–Crippen LogP) is 2.85. The summed E-state index contributed by atoms with van der Waals surface area (Å²) in [6.45, 7) is 0. The van der Waals surface area contributed by atoms with Gasteiger partial charge in [0.1, 0.15) is 0 Å². The highest BCUT2D eigenvalue weighted by atomic mass is 16.7. The van der Waals surface area contributed by atoms with Crippen molar-refractivity contribution in [3.05, 3.63) is 54.3 Å². The second-order valence-corrected chi connectivity index (χ2v) is 3.99. The molecule has 0 atom stereocenters. The van der Waals surface area contributed by atoms with Crippen LogP contribution in [-0.2, 0) is 14.2 Å². The SMILES string of the molecule is COC1=CC(=Nc2ccccc2)C=CC1(OC)OC. The third kappa shape index (κ3) is 2.75. The number of methoxy groups -OCH3 is 3. The highest BCUT2D eigenvalue weighted by Crippen LogP contribution is 2.28. The summed E-state index contributed by atoms with van der Waals surface area (Å²) >= 11 is 0. The third-order valence-corrected chi connectivity index (χ3v) is 2.94. The van der Waals surface area contributed by atoms with E-state index in [9.17, 15) is 0 Å². The molecular formula is C15H17NO3. The van der Waals surface area contributed by atoms with Gasteiger partial charge in [0.05, 0.1) is 18.5 Å². The van der Waals surface area contributed by atoms with Gasteiger partial charge in [-0.2, -0.15) is 0 Å². The first kappa shape index (κ1) is 13.5. The minimum atomic E-state index is -0.968. The summed E-state index contributed by atoms with van der Waals surface area (Å²) in [7, 11) is 4.72. The molecule has 4 heteroatoms. The molecule has 0 saturated heterocycles. The summed E-state index contributed by atoms with van der Waals surface area (Å²) in [5, 5.41) is 0. The Kier molecular flexibility index (Phi) is 4.14. The van der Waals surface area contributed by atoms with Gasteiger partial charge in [-0.05, 0) is 24.3 Å². The Bertz CT molecular complexity index is 513. The average molecular weight is 259 g/mol. The number of benzene rings is 1. The summed E-state index contributed by atoms with van der Waals surface area (Å²) < 4.78 is 16.1. The van der Waals surface area contributed by atoms with Gasteiger partial charge in [0.15, 0.2) is 5.76 Å². The summed E-state index contributed by atoms with van der Waals surface area (Å²) in [5.41, 5.74) is 1.67. The molecule has 0 N–H and O–H groups in total. The largest absolute Gasteiger partial charge is 0.495 e. The number of hydrogen-bond acceptors (Lipinski definition) is 4. The topological polar surface area (TPSA) is 40.0 Å². The number of para-hydroxylation sites is 1. The van der Waals surface area contributed by atoms with Gasteiger partial charge in [-0.15, -0.1) is 0 Å². The van der Waals surface area contributed by atoms with Crippen molar-refractivity contribution in [3.8, 4) is 0 Å². The van der Waals surface area contributed by atoms with Crippen molar-refractivity contribution in [2.75, 3.05) is 21.3 Å². The van der Waals surface area contributed by atoms with E-state index in [4.69, 9.17) is 14.2 Å². The van der Waals surface area contributed by atoms with Crippen LogP contribution < -0.4 is 0 Å². The standard InChI is InChI=1S/C15H17NO3/c1-17-14-11-13(9-10-15(14,18-2)19-3)16-12-7-5-4-6-8-12/h4-11H,1-3H3. The van der Waals surface area contributed by atoms with Gasteiger partial charge in [0.25, 0.3) is 0 Å². The van der Waals surface area contributed by atoms with E-state index in [1.54, 1.807) is 33.5 Å². The molecule has 4 nitrogen and oxygen atoms in total. The fourth-order valence-corrected chi connectivity index (χ4v) is 1.90. The zero-order chi connectivity index (χ0) is 13.7. The number of rotatable bonds is 4. The molecule has 0 saturated carbocycles. The van der Waals surface area contributed by atoms with E-state index in [2.05, 4.69) is 4.99 Å². The Morgan fingerprint density at radius 1 is 1.00 bits per heavy atom. The zero-order valence-electron chi connectivity index (χ0n) is 11.3. The first-order valence-electron chi connectivity index (χ1n) is 5.93. The van der Waals surface area contributed by atoms with Gasteiger partial charge in [-0.25, -0.2) is 4.99 Å². The number of nitrogens with zero attached hydrogens (tertiary/aromatic N) is 1. The molecule has 0 fully saturated rings. The fourth-order valence-electron chi connectivity index (χ4n) is 1.90. The Morgan fingerprint density at radius 2 is 1.68 bits per heavy atom. The van der Waals surface area contributed by atoms with Crippen LogP contribution in [0.1, 0.15) is 0 Å². The second kappa shape index (κ2) is 5.82. The van der Waals surface area contributed by atoms with Crippen LogP contribution in [0, 0.1) is 0 Å². The predicted molar refractivity (Wildman–Crippen MR) is 74.5 cm³/mol. The average Bonchev–Trinajstić information content (AvgIpc) is 2.48. The molecule has 0 aliphatic heterocycles. The molecule has 1 aliphatic rings. The first-order valence-corrected chi connectivity index (χ1v) is 5.93. The summed E-state index contributed by atoms with van der Waals surface area (Å²) in [4.78, 5) is 4.51. The molecule has 19 heavy (non-hydrogen) atoms. The lowest BCUT2D eigenvalue weighted by atomic mass is 10.1. The van der Waals surface area contributed by atoms with Gasteiger partial charge in [0, 0.05) is 20.3 Å². The Balaban J connectivity index is 2.33. The molecule has 1 aromatic rings. The van der Waals surface area contributed by atoms with Crippen LogP contribution in [0.3, 0.4) is 0 Å². The van der Waals surface area contributed by atoms with E-state index in [0.29, 0.717) is 5.76 Å². The van der Waals surface area contributed by atoms with E-state index in [-0.39, 0.29) is 0 Å². The van der Waals surface area contributed by atoms with E-state index < -0.39 is 5.79 Å². The van der Waals surface area contributed by atoms with Crippen molar-refractivity contribution < 1.29 is 14.2 Å². The van der Waals surface area contributed by atoms with Crippen LogP contribution in [0.4, 0.5) is 5.69 Å². The molecular weight excluding hydrogens is 242 g/mol. The van der Waals surface area contributed by atoms with Crippen molar-refractivity contribution in [1.29, 1.82) is 0 Å². The number of ether oxygens (including phenoxy) is 3. The quantitative estimate of drug-likeness (QED) is 0.781. The highest BCUT2D eigenvalue weighted by Gasteiger charge is 2.35. The summed E-state index contributed by atoms with van der Waals surface area (Å²) in [5.74, 6) is -0.403. The zero-order valence-corrected chi connectivity index (χ0v) is 11.3. The first-order chi connectivity index (χ1) is 9.24. The molecule has 0 radical (unpaired) electrons. The normalized spacial score (nSPS) is 19.3. The van der Waals surface area contributed by atoms with Crippen LogP contribution in [0.15, 0.2) is 59.3 Å². The lowest BCUT2D eigenvalue weighted by Crippen LogP contribution is -2.37. The number of hydrogen-bond donors (Lipinski definition) is 0. The smallest absolute Gasteiger partial charge is 0.248 e. The van der Waals surface area contributed by atoms with Crippen molar-refractivity contribution in [2.45, 2.75) is 5.79 Å². The lowest BCUT2D eigenvalue weighted by molar-refractivity contribution is -0.165. The molecule has 1 aromatic carbocycles. The van der Waals surface area contributed by atoms with Gasteiger partial charge in [-0.3, -0.25) is 0 Å². The molecule has 0 spiro atoms. The van der Waals surface area contributed by atoms with E-state index in [1.807, 2.05) is 36.4 Å². The van der Waals surface area contributed by atoms with Crippen LogP contribution in [0.5, 0.6) is 0 Å². The Labute approximate surface area is 113 Å². The minimum absolute atomic E-state index is 0.565. The second-order valence-electron chi connectivity index (χ2n) is 3.99. The maximum absolute atomic E-state index is 5.37. The van der Waals surface area contributed by atoms with E-state index >= 15 is 0 Å². The van der Waals surface area contributed by atoms with Crippen molar-refractivity contribution in [2.24, 2.45) is 4.99 Å². The number of aliphatic imine (C=N–C) groups is 1. The van der Waals surface area contributed by atoms with Gasteiger partial charge < -0.3 is 14.2 Å². The Morgan fingerprint density at radius 3 is 2.26 bits per heavy atom. The minimum Gasteiger partial charge on any atom is -0.495 e. The lowest BCUT2D eigenvalue weighted by Gasteiger charge is -2.30. The van der Waals surface area contributed by atoms with Gasteiger partial charge in [0.2, 0.25) is 5.79 Å². The van der Waals surface area contributed by atoms with Gasteiger partial charge >= 0.3 is 0 Å². The van der Waals surface area contributed by atoms with Crippen molar-refractivity contribution in [3.63, 3.8) is 0 Å². The van der Waals surface area contributed by atoms with Crippen molar-refractivity contribution in [1.82, 2.24) is 0 Å². The Hall–Kier alpha value is -1.91. The molecule has 0 bridgehead atoms. The van der Waals surface area contributed by atoms with E-state index in [1.165, 1.54) is 0 Å². The highest BCUT2D eigenvalue weighted by molar-refractivity contribution is 6.06. The fraction of sp³-hybridized carbons (Fsp3) is 0.267. The molecule has 100 valence electrons. The number of allylic oxidation sites excluding steroid dienone is 2. The summed E-state index contributed by atoms with van der Waals surface area (Å²) in [6.07, 6.45) is 5.44. The molecule has 0 heterocycles. The van der Waals surface area contributed by atoms with Crippen LogP contribution in [-0.4, -0.2) is 32.8 Å². The summed E-state index contributed by atoms with van der Waals surface area (Å²) in [6, 6.07) is 9.73. The van der Waals surface area contributed by atoms with Crippen LogP contribution in [0.2, 0.25) is 0 Å². The van der Waals surface area contributed by atoms with Crippen LogP contribution >= 0.6 is 0 Å². The molecule has 0 unspecified atom stereocenters. The molecule has 2 rings (SSSR count). The molecule has 0 aromatic heterocycles. The monoisotopic (exact) mass is 259 g/mol. The third-order valence-electron chi connectivity index (χ3n) is 2.94.